The summed E-state index contributed by atoms with van der Waals surface area (Å²) in [5.74, 6) is 0. The van der Waals surface area contributed by atoms with Crippen molar-refractivity contribution in [2.45, 2.75) is 0 Å². The lowest BCUT2D eigenvalue weighted by molar-refractivity contribution is 0.669. The van der Waals surface area contributed by atoms with Gasteiger partial charge < -0.3 is 4.42 Å². The number of hydrogen-bond donors (Lipinski definition) is 0. The molecule has 4 heteroatoms. The summed E-state index contributed by atoms with van der Waals surface area (Å²) in [7, 11) is 0. The summed E-state index contributed by atoms with van der Waals surface area (Å²) in [6.07, 6.45) is 0. The molecular weight excluding hydrogens is 737 g/mol. The SMILES string of the molecule is c1ccc2c(c1)ccc1c3cc(-c4ccc(-c5ccc(-c6ccc(-c7ccc8c(c7)oc7ccccc78)cc6)c6ccccc56)cc4)n4c5ccccc5nc4c3sc21. The van der Waals surface area contributed by atoms with Crippen molar-refractivity contribution in [1.82, 2.24) is 9.38 Å². The minimum Gasteiger partial charge on any atom is -0.456 e. The van der Waals surface area contributed by atoms with Gasteiger partial charge in [-0.15, -0.1) is 11.3 Å². The van der Waals surface area contributed by atoms with Crippen LogP contribution < -0.4 is 0 Å². The number of aromatic nitrogens is 2. The number of benzene rings is 9. The van der Waals surface area contributed by atoms with Crippen LogP contribution in [0.5, 0.6) is 0 Å². The van der Waals surface area contributed by atoms with Gasteiger partial charge in [-0.1, -0.05) is 158 Å². The van der Waals surface area contributed by atoms with Gasteiger partial charge in [0.15, 0.2) is 5.65 Å². The van der Waals surface area contributed by atoms with E-state index in [1.165, 1.54) is 64.0 Å². The van der Waals surface area contributed by atoms with Gasteiger partial charge in [0.25, 0.3) is 0 Å². The van der Waals surface area contributed by atoms with E-state index in [0.717, 1.165) is 61.0 Å². The van der Waals surface area contributed by atoms with Gasteiger partial charge in [-0.05, 0) is 96.9 Å². The average Bonchev–Trinajstić information content (AvgIpc) is 4.00. The predicted octanol–water partition coefficient (Wildman–Crippen LogP) is 15.7. The lowest BCUT2D eigenvalue weighted by atomic mass is 9.91. The number of thiophene rings is 1. The summed E-state index contributed by atoms with van der Waals surface area (Å²) in [6.45, 7) is 0. The van der Waals surface area contributed by atoms with Crippen LogP contribution in [0.15, 0.2) is 199 Å². The minimum absolute atomic E-state index is 0.914. The summed E-state index contributed by atoms with van der Waals surface area (Å²) in [6, 6.07) is 70.2. The highest BCUT2D eigenvalue weighted by Crippen LogP contribution is 2.44. The van der Waals surface area contributed by atoms with Gasteiger partial charge in [0.05, 0.1) is 21.4 Å². The van der Waals surface area contributed by atoms with Crippen LogP contribution >= 0.6 is 11.3 Å². The maximum absolute atomic E-state index is 6.20. The van der Waals surface area contributed by atoms with E-state index in [-0.39, 0.29) is 0 Å². The Kier molecular flexibility index (Phi) is 6.89. The number of pyridine rings is 1. The summed E-state index contributed by atoms with van der Waals surface area (Å²) < 4.78 is 11.1. The fourth-order valence-electron chi connectivity index (χ4n) is 9.36. The number of fused-ring (bicyclic) bond motifs is 13. The molecule has 4 aromatic heterocycles. The average molecular weight is 769 g/mol. The molecule has 0 N–H and O–H groups in total. The first-order valence-corrected chi connectivity index (χ1v) is 20.8. The fourth-order valence-corrected chi connectivity index (χ4v) is 10.7. The second-order valence-corrected chi connectivity index (χ2v) is 16.5. The number of rotatable bonds is 4. The second kappa shape index (κ2) is 12.5. The molecule has 0 saturated heterocycles. The minimum atomic E-state index is 0.914. The Hall–Kier alpha value is -7.53. The maximum Gasteiger partial charge on any atom is 0.156 e. The highest BCUT2D eigenvalue weighted by Gasteiger charge is 2.19. The summed E-state index contributed by atoms with van der Waals surface area (Å²) in [4.78, 5) is 5.25. The van der Waals surface area contributed by atoms with Crippen molar-refractivity contribution in [3.63, 3.8) is 0 Å². The molecule has 4 heterocycles. The van der Waals surface area contributed by atoms with E-state index in [0.29, 0.717) is 0 Å². The highest BCUT2D eigenvalue weighted by atomic mass is 32.1. The van der Waals surface area contributed by atoms with Crippen molar-refractivity contribution in [2.75, 3.05) is 0 Å². The Bertz CT molecular complexity index is 3830. The first-order chi connectivity index (χ1) is 29.2. The number of para-hydroxylation sites is 3. The van der Waals surface area contributed by atoms with Crippen LogP contribution in [0.4, 0.5) is 0 Å². The van der Waals surface area contributed by atoms with E-state index >= 15 is 0 Å². The Morgan fingerprint density at radius 3 is 1.76 bits per heavy atom. The molecule has 9 aromatic carbocycles. The normalized spacial score (nSPS) is 12.1. The molecule has 0 aliphatic heterocycles. The quantitative estimate of drug-likeness (QED) is 0.178. The van der Waals surface area contributed by atoms with Gasteiger partial charge >= 0.3 is 0 Å². The topological polar surface area (TPSA) is 30.4 Å². The first kappa shape index (κ1) is 32.5. The van der Waals surface area contributed by atoms with Crippen LogP contribution in [0, 0.1) is 0 Å². The maximum atomic E-state index is 6.20. The Balaban J connectivity index is 0.893. The van der Waals surface area contributed by atoms with Gasteiger partial charge in [0.1, 0.15) is 11.2 Å². The molecule has 0 spiro atoms. The third-order valence-corrected chi connectivity index (χ3v) is 13.5. The van der Waals surface area contributed by atoms with Gasteiger partial charge in [0.2, 0.25) is 0 Å². The van der Waals surface area contributed by atoms with Crippen molar-refractivity contribution < 1.29 is 4.42 Å². The van der Waals surface area contributed by atoms with Crippen LogP contribution in [0.1, 0.15) is 0 Å². The smallest absolute Gasteiger partial charge is 0.156 e. The molecule has 3 nitrogen and oxygen atoms in total. The van der Waals surface area contributed by atoms with Crippen molar-refractivity contribution in [1.29, 1.82) is 0 Å². The third-order valence-electron chi connectivity index (χ3n) is 12.2. The van der Waals surface area contributed by atoms with Crippen molar-refractivity contribution >= 4 is 91.7 Å². The third kappa shape index (κ3) is 4.91. The molecule has 13 aromatic rings. The first-order valence-electron chi connectivity index (χ1n) is 20.0. The van der Waals surface area contributed by atoms with Crippen molar-refractivity contribution in [3.05, 3.63) is 194 Å². The van der Waals surface area contributed by atoms with Crippen molar-refractivity contribution in [3.8, 4) is 44.6 Å². The Morgan fingerprint density at radius 1 is 0.390 bits per heavy atom. The van der Waals surface area contributed by atoms with Gasteiger partial charge in [-0.3, -0.25) is 4.40 Å². The van der Waals surface area contributed by atoms with Crippen LogP contribution in [0.2, 0.25) is 0 Å². The molecule has 59 heavy (non-hydrogen) atoms. The number of furan rings is 1. The summed E-state index contributed by atoms with van der Waals surface area (Å²) in [5.41, 5.74) is 14.4. The number of imidazole rings is 1. The Labute approximate surface area is 342 Å². The lowest BCUT2D eigenvalue weighted by Gasteiger charge is -2.14. The molecule has 0 unspecified atom stereocenters. The summed E-state index contributed by atoms with van der Waals surface area (Å²) >= 11 is 1.85. The molecule has 0 atom stereocenters. The molecule has 0 bridgehead atoms. The molecule has 274 valence electrons. The van der Waals surface area contributed by atoms with Crippen LogP contribution in [-0.2, 0) is 0 Å². The van der Waals surface area contributed by atoms with E-state index in [9.17, 15) is 0 Å². The fraction of sp³-hybridized carbons (Fsp3) is 0. The van der Waals surface area contributed by atoms with E-state index in [2.05, 4.69) is 186 Å². The zero-order valence-electron chi connectivity index (χ0n) is 31.7. The monoisotopic (exact) mass is 768 g/mol. The van der Waals surface area contributed by atoms with Gasteiger partial charge in [-0.25, -0.2) is 4.98 Å². The molecule has 0 saturated carbocycles. The van der Waals surface area contributed by atoms with E-state index in [1.807, 2.05) is 23.5 Å². The van der Waals surface area contributed by atoms with E-state index in [1.54, 1.807) is 0 Å². The molecular formula is C55H32N2OS. The largest absolute Gasteiger partial charge is 0.456 e. The molecule has 0 aliphatic rings. The zero-order chi connectivity index (χ0) is 38.6. The second-order valence-electron chi connectivity index (χ2n) is 15.5. The van der Waals surface area contributed by atoms with Crippen LogP contribution in [-0.4, -0.2) is 9.38 Å². The molecule has 13 rings (SSSR count). The molecule has 0 amide bonds. The summed E-state index contributed by atoms with van der Waals surface area (Å²) in [5, 5.41) is 9.85. The van der Waals surface area contributed by atoms with Gasteiger partial charge in [-0.2, -0.15) is 0 Å². The highest BCUT2D eigenvalue weighted by molar-refractivity contribution is 7.27. The molecule has 0 radical (unpaired) electrons. The molecule has 0 aliphatic carbocycles. The van der Waals surface area contributed by atoms with Crippen molar-refractivity contribution in [2.24, 2.45) is 0 Å². The predicted molar refractivity (Wildman–Crippen MR) is 250 cm³/mol. The standard InChI is InChI=1S/C55H32N2OS/c1-2-10-41-34(9-1)25-28-46-47-32-50(57-49-15-7-6-14-48(49)56-55(57)54(47)59-53(41)46)37-23-21-36(22-24-37)40-30-29-39(42-11-3-4-12-43(40)42)35-19-17-33(18-20-35)38-26-27-45-44-13-5-8-16-51(44)58-52(45)31-38/h1-32H. The lowest BCUT2D eigenvalue weighted by Crippen LogP contribution is -1.93. The van der Waals surface area contributed by atoms with Crippen LogP contribution in [0.3, 0.4) is 0 Å². The van der Waals surface area contributed by atoms with E-state index < -0.39 is 0 Å². The molecule has 0 fully saturated rings. The van der Waals surface area contributed by atoms with Crippen LogP contribution in [0.25, 0.3) is 125 Å². The van der Waals surface area contributed by atoms with E-state index in [4.69, 9.17) is 9.40 Å². The Morgan fingerprint density at radius 2 is 0.983 bits per heavy atom. The zero-order valence-corrected chi connectivity index (χ0v) is 32.5. The number of nitrogens with zero attached hydrogens (tertiary/aromatic N) is 2. The van der Waals surface area contributed by atoms with Gasteiger partial charge in [0, 0.05) is 26.2 Å². The number of hydrogen-bond acceptors (Lipinski definition) is 3.